The average molecular weight is 258 g/mol. The molecular weight excluding hydrogens is 228 g/mol. The van der Waals surface area contributed by atoms with Crippen molar-refractivity contribution < 1.29 is 9.53 Å². The molecule has 108 valence electrons. The number of nitrogens with two attached hydrogens (primary N) is 1. The Hall–Kier alpha value is -0.610. The highest BCUT2D eigenvalue weighted by molar-refractivity contribution is 5.79. The molecular formula is C14H30N2O2. The summed E-state index contributed by atoms with van der Waals surface area (Å²) >= 11 is 0. The number of methoxy groups -OCH3 is 1. The molecule has 0 spiro atoms. The zero-order valence-corrected chi connectivity index (χ0v) is 12.6. The van der Waals surface area contributed by atoms with Gasteiger partial charge in [-0.3, -0.25) is 4.79 Å². The van der Waals surface area contributed by atoms with E-state index < -0.39 is 0 Å². The topological polar surface area (TPSA) is 55.6 Å². The second-order valence-corrected chi connectivity index (χ2v) is 5.73. The van der Waals surface area contributed by atoms with Gasteiger partial charge in [-0.25, -0.2) is 0 Å². The van der Waals surface area contributed by atoms with Crippen LogP contribution in [0.3, 0.4) is 0 Å². The fraction of sp³-hybridized carbons (Fsp3) is 0.929. The van der Waals surface area contributed by atoms with Gasteiger partial charge in [0.15, 0.2) is 0 Å². The van der Waals surface area contributed by atoms with E-state index in [2.05, 4.69) is 27.7 Å². The molecule has 0 heterocycles. The molecule has 0 radical (unpaired) electrons. The molecule has 0 aromatic carbocycles. The van der Waals surface area contributed by atoms with E-state index in [9.17, 15) is 4.79 Å². The van der Waals surface area contributed by atoms with Crippen LogP contribution in [-0.2, 0) is 9.53 Å². The fourth-order valence-corrected chi connectivity index (χ4v) is 2.06. The van der Waals surface area contributed by atoms with Crippen LogP contribution in [0, 0.1) is 17.8 Å². The van der Waals surface area contributed by atoms with Crippen molar-refractivity contribution >= 4 is 5.91 Å². The summed E-state index contributed by atoms with van der Waals surface area (Å²) in [4.78, 5) is 14.3. The van der Waals surface area contributed by atoms with Crippen LogP contribution >= 0.6 is 0 Å². The molecule has 0 aliphatic rings. The molecule has 18 heavy (non-hydrogen) atoms. The van der Waals surface area contributed by atoms with Gasteiger partial charge in [-0.2, -0.15) is 0 Å². The van der Waals surface area contributed by atoms with E-state index in [1.807, 2.05) is 4.90 Å². The van der Waals surface area contributed by atoms with Crippen LogP contribution in [-0.4, -0.2) is 44.2 Å². The van der Waals surface area contributed by atoms with Gasteiger partial charge in [0.05, 0.1) is 12.5 Å². The minimum atomic E-state index is -0.0550. The van der Waals surface area contributed by atoms with E-state index in [0.717, 1.165) is 13.0 Å². The number of rotatable bonds is 9. The molecule has 0 bridgehead atoms. The van der Waals surface area contributed by atoms with Gasteiger partial charge in [-0.1, -0.05) is 27.7 Å². The molecule has 4 nitrogen and oxygen atoms in total. The zero-order chi connectivity index (χ0) is 14.1. The second-order valence-electron chi connectivity index (χ2n) is 5.73. The standard InChI is InChI=1S/C14H30N2O2/c1-11(2)8-13(9-15)14(17)16(6-7-18-5)10-12(3)4/h11-13H,6-10,15H2,1-5H3. The quantitative estimate of drug-likeness (QED) is 0.685. The largest absolute Gasteiger partial charge is 0.383 e. The highest BCUT2D eigenvalue weighted by atomic mass is 16.5. The first-order valence-electron chi connectivity index (χ1n) is 6.90. The summed E-state index contributed by atoms with van der Waals surface area (Å²) in [7, 11) is 1.66. The summed E-state index contributed by atoms with van der Waals surface area (Å²) in [6, 6.07) is 0. The highest BCUT2D eigenvalue weighted by Crippen LogP contribution is 2.14. The lowest BCUT2D eigenvalue weighted by Crippen LogP contribution is -2.43. The Morgan fingerprint density at radius 1 is 1.22 bits per heavy atom. The Labute approximate surface area is 112 Å². The summed E-state index contributed by atoms with van der Waals surface area (Å²) in [5.74, 6) is 1.08. The van der Waals surface area contributed by atoms with Crippen molar-refractivity contribution in [3.63, 3.8) is 0 Å². The molecule has 4 heteroatoms. The maximum atomic E-state index is 12.4. The Kier molecular flexibility index (Phi) is 9.02. The van der Waals surface area contributed by atoms with Crippen molar-refractivity contribution in [1.82, 2.24) is 4.90 Å². The molecule has 0 aliphatic carbocycles. The normalized spacial score (nSPS) is 13.1. The van der Waals surface area contributed by atoms with Crippen LogP contribution in [0.4, 0.5) is 0 Å². The van der Waals surface area contributed by atoms with E-state index in [4.69, 9.17) is 10.5 Å². The van der Waals surface area contributed by atoms with Crippen molar-refractivity contribution in [2.24, 2.45) is 23.5 Å². The average Bonchev–Trinajstić information content (AvgIpc) is 2.29. The van der Waals surface area contributed by atoms with Gasteiger partial charge in [-0.05, 0) is 18.3 Å². The van der Waals surface area contributed by atoms with E-state index >= 15 is 0 Å². The van der Waals surface area contributed by atoms with Crippen LogP contribution < -0.4 is 5.73 Å². The Morgan fingerprint density at radius 2 is 1.83 bits per heavy atom. The SMILES string of the molecule is COCCN(CC(C)C)C(=O)C(CN)CC(C)C. The van der Waals surface area contributed by atoms with Gasteiger partial charge in [0.1, 0.15) is 0 Å². The van der Waals surface area contributed by atoms with Crippen LogP contribution in [0.15, 0.2) is 0 Å². The smallest absolute Gasteiger partial charge is 0.227 e. The number of nitrogens with zero attached hydrogens (tertiary/aromatic N) is 1. The molecule has 0 fully saturated rings. The molecule has 1 atom stereocenters. The van der Waals surface area contributed by atoms with Crippen LogP contribution in [0.1, 0.15) is 34.1 Å². The lowest BCUT2D eigenvalue weighted by atomic mass is 9.95. The first kappa shape index (κ1) is 17.4. The van der Waals surface area contributed by atoms with Crippen molar-refractivity contribution in [2.45, 2.75) is 34.1 Å². The summed E-state index contributed by atoms with van der Waals surface area (Å²) < 4.78 is 5.07. The van der Waals surface area contributed by atoms with Gasteiger partial charge in [0.2, 0.25) is 5.91 Å². The molecule has 1 amide bonds. The van der Waals surface area contributed by atoms with E-state index in [1.54, 1.807) is 7.11 Å². The van der Waals surface area contributed by atoms with Gasteiger partial charge in [0.25, 0.3) is 0 Å². The van der Waals surface area contributed by atoms with Crippen molar-refractivity contribution in [1.29, 1.82) is 0 Å². The highest BCUT2D eigenvalue weighted by Gasteiger charge is 2.24. The lowest BCUT2D eigenvalue weighted by Gasteiger charge is -2.29. The maximum absolute atomic E-state index is 12.4. The van der Waals surface area contributed by atoms with Crippen LogP contribution in [0.25, 0.3) is 0 Å². The fourth-order valence-electron chi connectivity index (χ4n) is 2.06. The number of hydrogen-bond acceptors (Lipinski definition) is 3. The molecule has 1 unspecified atom stereocenters. The lowest BCUT2D eigenvalue weighted by molar-refractivity contribution is -0.137. The summed E-state index contributed by atoms with van der Waals surface area (Å²) in [6.45, 7) is 10.9. The van der Waals surface area contributed by atoms with Crippen molar-refractivity contribution in [3.8, 4) is 0 Å². The van der Waals surface area contributed by atoms with Crippen LogP contribution in [0.5, 0.6) is 0 Å². The zero-order valence-electron chi connectivity index (χ0n) is 12.6. The maximum Gasteiger partial charge on any atom is 0.227 e. The third-order valence-corrected chi connectivity index (χ3v) is 2.85. The molecule has 0 rings (SSSR count). The van der Waals surface area contributed by atoms with Gasteiger partial charge >= 0.3 is 0 Å². The summed E-state index contributed by atoms with van der Waals surface area (Å²) in [5.41, 5.74) is 5.74. The molecule has 0 aromatic rings. The van der Waals surface area contributed by atoms with Crippen LogP contribution in [0.2, 0.25) is 0 Å². The van der Waals surface area contributed by atoms with Gasteiger partial charge in [-0.15, -0.1) is 0 Å². The minimum absolute atomic E-state index is 0.0550. The van der Waals surface area contributed by atoms with Gasteiger partial charge in [0, 0.05) is 26.7 Å². The Balaban J connectivity index is 4.57. The number of carbonyl (C=O) groups excluding carboxylic acids is 1. The first-order chi connectivity index (χ1) is 8.42. The number of hydrogen-bond donors (Lipinski definition) is 1. The van der Waals surface area contributed by atoms with E-state index in [0.29, 0.717) is 31.5 Å². The summed E-state index contributed by atoms with van der Waals surface area (Å²) in [5, 5.41) is 0. The second kappa shape index (κ2) is 9.34. The number of ether oxygens (including phenoxy) is 1. The predicted octanol–water partition coefficient (Wildman–Crippen LogP) is 1.74. The van der Waals surface area contributed by atoms with Crippen molar-refractivity contribution in [2.75, 3.05) is 33.4 Å². The predicted molar refractivity (Wildman–Crippen MR) is 75.3 cm³/mol. The summed E-state index contributed by atoms with van der Waals surface area (Å²) in [6.07, 6.45) is 0.858. The Bertz CT molecular complexity index is 230. The molecule has 0 saturated heterocycles. The third-order valence-electron chi connectivity index (χ3n) is 2.85. The van der Waals surface area contributed by atoms with Gasteiger partial charge < -0.3 is 15.4 Å². The van der Waals surface area contributed by atoms with E-state index in [1.165, 1.54) is 0 Å². The number of amides is 1. The van der Waals surface area contributed by atoms with Crippen molar-refractivity contribution in [3.05, 3.63) is 0 Å². The first-order valence-corrected chi connectivity index (χ1v) is 6.90. The molecule has 0 aliphatic heterocycles. The molecule has 0 saturated carbocycles. The monoisotopic (exact) mass is 258 g/mol. The molecule has 0 aromatic heterocycles. The molecule has 2 N–H and O–H groups in total. The third kappa shape index (κ3) is 6.97. The minimum Gasteiger partial charge on any atom is -0.383 e. The van der Waals surface area contributed by atoms with E-state index in [-0.39, 0.29) is 11.8 Å². The number of carbonyl (C=O) groups is 1. The Morgan fingerprint density at radius 3 is 2.22 bits per heavy atom.